The smallest absolute Gasteiger partial charge is 0.319 e. The molecule has 2 fully saturated rings. The number of esters is 1. The summed E-state index contributed by atoms with van der Waals surface area (Å²) < 4.78 is 13.6. The van der Waals surface area contributed by atoms with Crippen LogP contribution in [0.4, 0.5) is 5.69 Å². The Morgan fingerprint density at radius 1 is 0.979 bits per heavy atom. The van der Waals surface area contributed by atoms with Crippen molar-refractivity contribution in [3.8, 4) is 17.0 Å². The van der Waals surface area contributed by atoms with Crippen molar-refractivity contribution >= 4 is 46.6 Å². The number of likely N-dealkylation sites (tertiary alicyclic amines) is 1. The van der Waals surface area contributed by atoms with Gasteiger partial charge in [-0.05, 0) is 73.1 Å². The van der Waals surface area contributed by atoms with Crippen molar-refractivity contribution in [1.29, 1.82) is 0 Å². The van der Waals surface area contributed by atoms with Crippen LogP contribution in [0, 0.1) is 0 Å². The number of rotatable bonds is 6. The van der Waals surface area contributed by atoms with Gasteiger partial charge in [0.1, 0.15) is 12.4 Å². The normalized spacial score (nSPS) is 18.7. The molecule has 9 heteroatoms. The van der Waals surface area contributed by atoms with Crippen LogP contribution in [0.15, 0.2) is 71.7 Å². The van der Waals surface area contributed by atoms with Gasteiger partial charge in [-0.15, -0.1) is 12.4 Å². The van der Waals surface area contributed by atoms with Crippen molar-refractivity contribution in [3.05, 3.63) is 83.4 Å². The number of hydrogen-bond acceptors (Lipinski definition) is 6. The number of hydrogen-bond donors (Lipinski definition) is 1. The molecule has 3 aromatic carbocycles. The van der Waals surface area contributed by atoms with Gasteiger partial charge in [0.25, 0.3) is 5.91 Å². The maximum Gasteiger partial charge on any atom is 0.319 e. The molecule has 4 heterocycles. The molecular weight excluding hydrogens is 624 g/mol. The van der Waals surface area contributed by atoms with Gasteiger partial charge in [0, 0.05) is 47.3 Å². The highest BCUT2D eigenvalue weighted by Crippen LogP contribution is 2.47. The second-order valence-corrected chi connectivity index (χ2v) is 13.6. The number of aromatic nitrogens is 1. The molecule has 0 radical (unpaired) electrons. The molecule has 1 N–H and O–H groups in total. The highest BCUT2D eigenvalue weighted by molar-refractivity contribution is 6.07. The van der Waals surface area contributed by atoms with E-state index in [-0.39, 0.29) is 30.8 Å². The summed E-state index contributed by atoms with van der Waals surface area (Å²) in [6, 6.07) is 22.9. The van der Waals surface area contributed by atoms with E-state index in [0.717, 1.165) is 34.8 Å². The molecule has 0 atom stereocenters. The van der Waals surface area contributed by atoms with E-state index in [0.29, 0.717) is 50.4 Å². The lowest BCUT2D eigenvalue weighted by molar-refractivity contribution is -0.142. The summed E-state index contributed by atoms with van der Waals surface area (Å²) in [6.45, 7) is 2.90. The van der Waals surface area contributed by atoms with Crippen molar-refractivity contribution in [2.75, 3.05) is 33.4 Å². The van der Waals surface area contributed by atoms with Crippen LogP contribution in [0.2, 0.25) is 0 Å². The maximum absolute atomic E-state index is 14.4. The minimum Gasteiger partial charge on any atom is -0.491 e. The van der Waals surface area contributed by atoms with Gasteiger partial charge < -0.3 is 19.4 Å². The molecule has 1 saturated heterocycles. The zero-order chi connectivity index (χ0) is 32.0. The fourth-order valence-electron chi connectivity index (χ4n) is 8.41. The van der Waals surface area contributed by atoms with Crippen LogP contribution in [0.5, 0.6) is 5.75 Å². The van der Waals surface area contributed by atoms with Crippen molar-refractivity contribution < 1.29 is 19.1 Å². The Kier molecular flexibility index (Phi) is 9.05. The molecule has 0 bridgehead atoms. The molecule has 0 unspecified atom stereocenters. The Morgan fingerprint density at radius 3 is 2.54 bits per heavy atom. The Morgan fingerprint density at radius 2 is 1.75 bits per heavy atom. The fraction of sp³-hybridized carbons (Fsp3) is 0.410. The summed E-state index contributed by atoms with van der Waals surface area (Å²) in [5.74, 6) is 1.09. The van der Waals surface area contributed by atoms with Gasteiger partial charge in [-0.3, -0.25) is 19.5 Å². The molecular formula is C39H43ClN4O4. The van der Waals surface area contributed by atoms with E-state index in [2.05, 4.69) is 51.2 Å². The maximum atomic E-state index is 14.4. The first-order valence-electron chi connectivity index (χ1n) is 17.2. The molecule has 4 aromatic rings. The second-order valence-electron chi connectivity index (χ2n) is 13.6. The number of amides is 1. The van der Waals surface area contributed by atoms with Crippen molar-refractivity contribution in [1.82, 2.24) is 14.8 Å². The van der Waals surface area contributed by atoms with Crippen molar-refractivity contribution in [2.45, 2.75) is 69.4 Å². The second kappa shape index (κ2) is 13.4. The number of para-hydroxylation sites is 2. The number of carbonyl (C=O) groups is 2. The number of fused-ring (bicyclic) bond motifs is 6. The molecule has 8 nitrogen and oxygen atoms in total. The van der Waals surface area contributed by atoms with Crippen LogP contribution < -0.4 is 10.1 Å². The minimum atomic E-state index is -0.603. The lowest BCUT2D eigenvalue weighted by Crippen LogP contribution is -2.60. The Labute approximate surface area is 287 Å². The third kappa shape index (κ3) is 5.79. The quantitative estimate of drug-likeness (QED) is 0.220. The number of methoxy groups -OCH3 is 1. The molecule has 1 amide bonds. The van der Waals surface area contributed by atoms with E-state index >= 15 is 0 Å². The van der Waals surface area contributed by atoms with E-state index in [1.807, 2.05) is 30.3 Å². The first kappa shape index (κ1) is 32.4. The Hall–Kier alpha value is -4.14. The predicted octanol–water partition coefficient (Wildman–Crippen LogP) is 7.24. The third-order valence-corrected chi connectivity index (χ3v) is 10.9. The van der Waals surface area contributed by atoms with E-state index in [4.69, 9.17) is 14.5 Å². The molecule has 3 aliphatic heterocycles. The predicted molar refractivity (Wildman–Crippen MR) is 191 cm³/mol. The highest BCUT2D eigenvalue weighted by atomic mass is 35.5. The lowest BCUT2D eigenvalue weighted by Gasteiger charge is -2.42. The summed E-state index contributed by atoms with van der Waals surface area (Å²) in [4.78, 5) is 33.6. The third-order valence-electron chi connectivity index (χ3n) is 10.9. The van der Waals surface area contributed by atoms with Gasteiger partial charge in [-0.1, -0.05) is 55.7 Å². The summed E-state index contributed by atoms with van der Waals surface area (Å²) in [5.41, 5.74) is 8.11. The van der Waals surface area contributed by atoms with Gasteiger partial charge in [0.2, 0.25) is 0 Å². The van der Waals surface area contributed by atoms with Crippen LogP contribution in [-0.4, -0.2) is 65.9 Å². The minimum absolute atomic E-state index is 0. The largest absolute Gasteiger partial charge is 0.491 e. The topological polar surface area (TPSA) is 85.2 Å². The number of nitrogens with one attached hydrogen (secondary N) is 1. The van der Waals surface area contributed by atoms with E-state index in [1.165, 1.54) is 61.4 Å². The first-order chi connectivity index (χ1) is 23.0. The van der Waals surface area contributed by atoms with E-state index < -0.39 is 5.54 Å². The Balaban J connectivity index is 0.00000364. The molecule has 1 saturated carbocycles. The van der Waals surface area contributed by atoms with Gasteiger partial charge in [-0.25, -0.2) is 0 Å². The number of nitrogens with zero attached hydrogens (tertiary/aromatic N) is 3. The Bertz CT molecular complexity index is 1880. The van der Waals surface area contributed by atoms with Gasteiger partial charge in [0.05, 0.1) is 37.1 Å². The first-order valence-corrected chi connectivity index (χ1v) is 17.2. The highest BCUT2D eigenvalue weighted by Gasteiger charge is 2.43. The van der Waals surface area contributed by atoms with E-state index in [9.17, 15) is 9.59 Å². The molecule has 250 valence electrons. The number of piperidine rings is 1. The standard InChI is InChI=1S/C39H42N4O4.ClH/c1-46-35(44)25-42-19-17-39(18-20-42,34-24-27-11-5-7-13-31(27)40-34)41-38(45)28-15-16-29-32(23-28)43-21-22-47-33-14-8-6-12-30(33)37(43)36(29)26-9-3-2-4-10-26;/h5-8,11-16,23,26H,2-4,9-10,17-22,24-25H2,1H3,(H,41,45);1H. The van der Waals surface area contributed by atoms with Gasteiger partial charge in [-0.2, -0.15) is 0 Å². The summed E-state index contributed by atoms with van der Waals surface area (Å²) in [6.07, 6.45) is 8.24. The monoisotopic (exact) mass is 666 g/mol. The molecule has 1 aliphatic carbocycles. The number of halogens is 1. The van der Waals surface area contributed by atoms with Crippen molar-refractivity contribution in [2.24, 2.45) is 4.99 Å². The summed E-state index contributed by atoms with van der Waals surface area (Å²) in [7, 11) is 1.42. The number of ether oxygens (including phenoxy) is 2. The van der Waals surface area contributed by atoms with Crippen LogP contribution in [0.3, 0.4) is 0 Å². The molecule has 48 heavy (non-hydrogen) atoms. The fourth-order valence-corrected chi connectivity index (χ4v) is 8.41. The number of carbonyl (C=O) groups excluding carboxylic acids is 2. The van der Waals surface area contributed by atoms with Crippen LogP contribution in [0.25, 0.3) is 22.2 Å². The van der Waals surface area contributed by atoms with Crippen LogP contribution >= 0.6 is 12.4 Å². The summed E-state index contributed by atoms with van der Waals surface area (Å²) in [5, 5.41) is 4.76. The average molecular weight is 667 g/mol. The number of benzene rings is 3. The molecule has 0 spiro atoms. The number of aliphatic imine (C=N–C) groups is 1. The van der Waals surface area contributed by atoms with Gasteiger partial charge in [0.15, 0.2) is 0 Å². The van der Waals surface area contributed by atoms with Crippen LogP contribution in [-0.2, 0) is 22.5 Å². The zero-order valence-corrected chi connectivity index (χ0v) is 28.3. The van der Waals surface area contributed by atoms with E-state index in [1.54, 1.807) is 0 Å². The molecule has 8 rings (SSSR count). The SMILES string of the molecule is COC(=O)CN1CCC(NC(=O)c2ccc3c(C4CCCCC4)c4n(c3c2)CCOc2ccccc2-4)(C2=Nc3ccccc3C2)CC1.Cl. The average Bonchev–Trinajstić information content (AvgIpc) is 3.63. The lowest BCUT2D eigenvalue weighted by atomic mass is 9.80. The summed E-state index contributed by atoms with van der Waals surface area (Å²) >= 11 is 0. The van der Waals surface area contributed by atoms with Crippen LogP contribution in [0.1, 0.15) is 72.3 Å². The molecule has 4 aliphatic rings. The zero-order valence-electron chi connectivity index (χ0n) is 27.5. The van der Waals surface area contributed by atoms with Crippen molar-refractivity contribution in [3.63, 3.8) is 0 Å². The van der Waals surface area contributed by atoms with Gasteiger partial charge >= 0.3 is 5.97 Å². The molecule has 1 aromatic heterocycles.